The van der Waals surface area contributed by atoms with Crippen LogP contribution >= 0.6 is 15.9 Å². The summed E-state index contributed by atoms with van der Waals surface area (Å²) in [6.07, 6.45) is 4.90. The van der Waals surface area contributed by atoms with Crippen molar-refractivity contribution in [2.75, 3.05) is 0 Å². The number of amides is 1. The highest BCUT2D eigenvalue weighted by Gasteiger charge is 2.15. The van der Waals surface area contributed by atoms with Crippen LogP contribution in [-0.4, -0.2) is 10.9 Å². The Labute approximate surface area is 107 Å². The quantitative estimate of drug-likeness (QED) is 0.947. The molecule has 2 rings (SSSR count). The number of carbonyl (C=O) groups is 1. The van der Waals surface area contributed by atoms with Gasteiger partial charge in [0.15, 0.2) is 4.67 Å². The van der Waals surface area contributed by atoms with Gasteiger partial charge in [-0.15, -0.1) is 0 Å². The van der Waals surface area contributed by atoms with Gasteiger partial charge in [-0.05, 0) is 40.5 Å². The summed E-state index contributed by atoms with van der Waals surface area (Å²) < 4.78 is 5.45. The van der Waals surface area contributed by atoms with Crippen LogP contribution in [0.4, 0.5) is 0 Å². The lowest BCUT2D eigenvalue weighted by molar-refractivity contribution is 0.0938. The zero-order chi connectivity index (χ0) is 12.3. The van der Waals surface area contributed by atoms with E-state index in [-0.39, 0.29) is 11.9 Å². The molecule has 0 radical (unpaired) electrons. The first-order valence-electron chi connectivity index (χ1n) is 5.12. The molecular formula is C12H11BrN2O2. The lowest BCUT2D eigenvalue weighted by Gasteiger charge is -2.13. The minimum Gasteiger partial charge on any atom is -0.457 e. The zero-order valence-corrected chi connectivity index (χ0v) is 10.8. The van der Waals surface area contributed by atoms with Gasteiger partial charge in [-0.2, -0.15) is 0 Å². The van der Waals surface area contributed by atoms with E-state index in [1.54, 1.807) is 18.5 Å². The SMILES string of the molecule is CC(NC(=O)c1ccoc1Br)c1cccnc1. The van der Waals surface area contributed by atoms with Crippen LogP contribution in [0.2, 0.25) is 0 Å². The molecule has 88 valence electrons. The second kappa shape index (κ2) is 5.14. The molecule has 4 nitrogen and oxygen atoms in total. The number of hydrogen-bond acceptors (Lipinski definition) is 3. The molecule has 2 aromatic rings. The fourth-order valence-corrected chi connectivity index (χ4v) is 1.87. The number of pyridine rings is 1. The molecule has 0 aromatic carbocycles. The van der Waals surface area contributed by atoms with Gasteiger partial charge in [0.25, 0.3) is 5.91 Å². The summed E-state index contributed by atoms with van der Waals surface area (Å²) in [7, 11) is 0. The summed E-state index contributed by atoms with van der Waals surface area (Å²) in [5.41, 5.74) is 1.45. The molecule has 1 N–H and O–H groups in total. The van der Waals surface area contributed by atoms with Crippen molar-refractivity contribution in [2.24, 2.45) is 0 Å². The Morgan fingerprint density at radius 2 is 2.35 bits per heavy atom. The van der Waals surface area contributed by atoms with Gasteiger partial charge in [-0.1, -0.05) is 6.07 Å². The van der Waals surface area contributed by atoms with Crippen LogP contribution in [0, 0.1) is 0 Å². The highest BCUT2D eigenvalue weighted by atomic mass is 79.9. The Kier molecular flexibility index (Phi) is 3.58. The van der Waals surface area contributed by atoms with Crippen LogP contribution in [0.25, 0.3) is 0 Å². The Morgan fingerprint density at radius 1 is 1.53 bits per heavy atom. The van der Waals surface area contributed by atoms with E-state index in [1.807, 2.05) is 19.1 Å². The maximum atomic E-state index is 11.9. The van der Waals surface area contributed by atoms with Gasteiger partial charge < -0.3 is 9.73 Å². The van der Waals surface area contributed by atoms with E-state index in [1.165, 1.54) is 6.26 Å². The second-order valence-electron chi connectivity index (χ2n) is 3.59. The summed E-state index contributed by atoms with van der Waals surface area (Å²) in [5, 5.41) is 2.87. The Bertz CT molecular complexity index is 510. The van der Waals surface area contributed by atoms with Gasteiger partial charge in [0.05, 0.1) is 17.9 Å². The van der Waals surface area contributed by atoms with Gasteiger partial charge in [0.2, 0.25) is 0 Å². The Morgan fingerprint density at radius 3 is 2.94 bits per heavy atom. The Hall–Kier alpha value is -1.62. The molecule has 5 heteroatoms. The van der Waals surface area contributed by atoms with Gasteiger partial charge in [0.1, 0.15) is 0 Å². The molecule has 2 heterocycles. The van der Waals surface area contributed by atoms with E-state index in [2.05, 4.69) is 26.2 Å². The number of furan rings is 1. The van der Waals surface area contributed by atoms with Gasteiger partial charge >= 0.3 is 0 Å². The third kappa shape index (κ3) is 2.74. The molecule has 0 aliphatic heterocycles. The molecule has 0 bridgehead atoms. The van der Waals surface area contributed by atoms with Gasteiger partial charge in [0, 0.05) is 12.4 Å². The lowest BCUT2D eigenvalue weighted by Crippen LogP contribution is -2.26. The first-order chi connectivity index (χ1) is 8.18. The molecule has 2 aromatic heterocycles. The minimum atomic E-state index is -0.179. The minimum absolute atomic E-state index is 0.0991. The van der Waals surface area contributed by atoms with Crippen molar-refractivity contribution in [2.45, 2.75) is 13.0 Å². The van der Waals surface area contributed by atoms with Crippen molar-refractivity contribution >= 4 is 21.8 Å². The van der Waals surface area contributed by atoms with Gasteiger partial charge in [-0.3, -0.25) is 9.78 Å². The fourth-order valence-electron chi connectivity index (χ4n) is 1.45. The molecule has 1 unspecified atom stereocenters. The van der Waals surface area contributed by atoms with Gasteiger partial charge in [-0.25, -0.2) is 0 Å². The number of nitrogens with one attached hydrogen (secondary N) is 1. The number of aromatic nitrogens is 1. The van der Waals surface area contributed by atoms with E-state index in [0.29, 0.717) is 10.2 Å². The summed E-state index contributed by atoms with van der Waals surface area (Å²) in [6, 6.07) is 5.28. The van der Waals surface area contributed by atoms with E-state index < -0.39 is 0 Å². The molecule has 1 atom stereocenters. The smallest absolute Gasteiger partial charge is 0.256 e. The second-order valence-corrected chi connectivity index (χ2v) is 4.31. The predicted octanol–water partition coefficient (Wildman–Crippen LogP) is 2.93. The van der Waals surface area contributed by atoms with Crippen LogP contribution in [-0.2, 0) is 0 Å². The highest BCUT2D eigenvalue weighted by Crippen LogP contribution is 2.19. The van der Waals surface area contributed by atoms with Crippen LogP contribution < -0.4 is 5.32 Å². The average molecular weight is 295 g/mol. The normalized spacial score (nSPS) is 12.1. The van der Waals surface area contributed by atoms with Crippen LogP contribution in [0.15, 0.2) is 45.9 Å². The third-order valence-corrected chi connectivity index (χ3v) is 3.01. The molecule has 0 saturated carbocycles. The van der Waals surface area contributed by atoms with Crippen molar-refractivity contribution in [3.05, 3.63) is 52.7 Å². The van der Waals surface area contributed by atoms with Crippen molar-refractivity contribution in [3.63, 3.8) is 0 Å². The standard InChI is InChI=1S/C12H11BrN2O2/c1-8(9-3-2-5-14-7-9)15-12(16)10-4-6-17-11(10)13/h2-8H,1H3,(H,15,16). The van der Waals surface area contributed by atoms with Crippen molar-refractivity contribution in [3.8, 4) is 0 Å². The first kappa shape index (κ1) is 11.9. The first-order valence-corrected chi connectivity index (χ1v) is 5.91. The number of halogens is 1. The van der Waals surface area contributed by atoms with Crippen LogP contribution in [0.5, 0.6) is 0 Å². The molecule has 0 fully saturated rings. The average Bonchev–Trinajstić information content (AvgIpc) is 2.76. The summed E-state index contributed by atoms with van der Waals surface area (Å²) in [6.45, 7) is 1.91. The molecule has 17 heavy (non-hydrogen) atoms. The van der Waals surface area contributed by atoms with Crippen LogP contribution in [0.1, 0.15) is 28.9 Å². The van der Waals surface area contributed by atoms with E-state index >= 15 is 0 Å². The maximum Gasteiger partial charge on any atom is 0.256 e. The van der Waals surface area contributed by atoms with Crippen molar-refractivity contribution in [1.82, 2.24) is 10.3 Å². The zero-order valence-electron chi connectivity index (χ0n) is 9.18. The molecule has 0 spiro atoms. The topological polar surface area (TPSA) is 55.1 Å². The van der Waals surface area contributed by atoms with E-state index in [4.69, 9.17) is 4.42 Å². The molecular weight excluding hydrogens is 284 g/mol. The van der Waals surface area contributed by atoms with Crippen LogP contribution in [0.3, 0.4) is 0 Å². The third-order valence-electron chi connectivity index (χ3n) is 2.39. The summed E-state index contributed by atoms with van der Waals surface area (Å²) in [5.74, 6) is -0.179. The molecule has 1 amide bonds. The Balaban J connectivity index is 2.08. The molecule has 0 aliphatic rings. The predicted molar refractivity (Wildman–Crippen MR) is 66.5 cm³/mol. The summed E-state index contributed by atoms with van der Waals surface area (Å²) >= 11 is 3.17. The summed E-state index contributed by atoms with van der Waals surface area (Å²) in [4.78, 5) is 15.9. The van der Waals surface area contributed by atoms with Crippen molar-refractivity contribution in [1.29, 1.82) is 0 Å². The van der Waals surface area contributed by atoms with Crippen molar-refractivity contribution < 1.29 is 9.21 Å². The monoisotopic (exact) mass is 294 g/mol. The lowest BCUT2D eigenvalue weighted by atomic mass is 10.1. The largest absolute Gasteiger partial charge is 0.457 e. The number of carbonyl (C=O) groups excluding carboxylic acids is 1. The molecule has 0 aliphatic carbocycles. The highest BCUT2D eigenvalue weighted by molar-refractivity contribution is 9.10. The number of rotatable bonds is 3. The maximum absolute atomic E-state index is 11.9. The fraction of sp³-hybridized carbons (Fsp3) is 0.167. The molecule has 0 saturated heterocycles. The number of hydrogen-bond donors (Lipinski definition) is 1. The number of nitrogens with zero attached hydrogens (tertiary/aromatic N) is 1. The van der Waals surface area contributed by atoms with E-state index in [9.17, 15) is 4.79 Å². The van der Waals surface area contributed by atoms with E-state index in [0.717, 1.165) is 5.56 Å².